The van der Waals surface area contributed by atoms with Gasteiger partial charge in [-0.15, -0.1) is 0 Å². The van der Waals surface area contributed by atoms with E-state index >= 15 is 9.59 Å². The molecule has 0 saturated heterocycles. The Morgan fingerprint density at radius 1 is 0.327 bits per heavy atom. The van der Waals surface area contributed by atoms with E-state index in [1.807, 2.05) is 0 Å². The molecule has 0 bridgehead atoms. The topological polar surface area (TPSA) is 167 Å². The SMILES string of the molecule is CCCCCCCCCCCCCCCCCC(=O)Oc1cc2oc(-c3ccc(O)cc3O)c(OC(=O)CCCCCCCCCCCCCCCCC)c(=O)c2c(OC(=O)CCCCCCCCCCCCCCCCC)c1C(=O)CCCCCCCCCCCCCCCCC. The molecule has 0 spiro atoms. The molecule has 11 heteroatoms. The third-order valence-electron chi connectivity index (χ3n) is 20.2. The number of ether oxygens (including phenoxy) is 3. The molecule has 560 valence electrons. The molecule has 0 radical (unpaired) electrons. The molecule has 0 aliphatic carbocycles. The van der Waals surface area contributed by atoms with Crippen molar-refractivity contribution in [2.45, 2.75) is 439 Å². The van der Waals surface area contributed by atoms with Crippen molar-refractivity contribution < 1.29 is 48.0 Å². The van der Waals surface area contributed by atoms with Crippen molar-refractivity contribution in [3.05, 3.63) is 40.1 Å². The zero-order valence-electron chi connectivity index (χ0n) is 63.6. The highest BCUT2D eigenvalue weighted by atomic mass is 16.6. The van der Waals surface area contributed by atoms with Crippen LogP contribution < -0.4 is 19.6 Å². The lowest BCUT2D eigenvalue weighted by Gasteiger charge is -2.18. The molecule has 0 saturated carbocycles. The molecule has 0 aliphatic rings. The first-order valence-electron chi connectivity index (χ1n) is 41.9. The van der Waals surface area contributed by atoms with Crippen molar-refractivity contribution in [1.82, 2.24) is 0 Å². The number of hydrogen-bond acceptors (Lipinski definition) is 11. The lowest BCUT2D eigenvalue weighted by molar-refractivity contribution is -0.135. The van der Waals surface area contributed by atoms with E-state index in [9.17, 15) is 24.6 Å². The fourth-order valence-corrected chi connectivity index (χ4v) is 13.9. The monoisotopic (exact) mass is 1370 g/mol. The number of carbonyl (C=O) groups excluding carboxylic acids is 4. The van der Waals surface area contributed by atoms with Gasteiger partial charge >= 0.3 is 17.9 Å². The Morgan fingerprint density at radius 3 is 0.888 bits per heavy atom. The van der Waals surface area contributed by atoms with Crippen LogP contribution >= 0.6 is 0 Å². The molecule has 11 nitrogen and oxygen atoms in total. The maximum atomic E-state index is 15.5. The molecular formula is C87H146O11. The van der Waals surface area contributed by atoms with Gasteiger partial charge in [-0.05, 0) is 37.8 Å². The minimum atomic E-state index is -0.898. The van der Waals surface area contributed by atoms with E-state index < -0.39 is 40.6 Å². The number of hydrogen-bond donors (Lipinski definition) is 2. The number of phenolic OH excluding ortho intramolecular Hbond substituents is 2. The summed E-state index contributed by atoms with van der Waals surface area (Å²) in [5, 5.41) is 21.4. The number of aromatic hydroxyl groups is 2. The fourth-order valence-electron chi connectivity index (χ4n) is 13.9. The second kappa shape index (κ2) is 61.0. The Morgan fingerprint density at radius 2 is 0.592 bits per heavy atom. The lowest BCUT2D eigenvalue weighted by atomic mass is 9.98. The van der Waals surface area contributed by atoms with E-state index in [4.69, 9.17) is 18.6 Å². The highest BCUT2D eigenvalue weighted by molar-refractivity contribution is 6.08. The van der Waals surface area contributed by atoms with Crippen LogP contribution in [0.5, 0.6) is 28.7 Å². The molecule has 1 heterocycles. The predicted molar refractivity (Wildman–Crippen MR) is 411 cm³/mol. The zero-order chi connectivity index (χ0) is 70.6. The number of phenols is 2. The first-order chi connectivity index (χ1) is 48.1. The third-order valence-corrected chi connectivity index (χ3v) is 20.2. The highest BCUT2D eigenvalue weighted by Crippen LogP contribution is 2.44. The smallest absolute Gasteiger partial charge is 0.311 e. The molecule has 0 aliphatic heterocycles. The van der Waals surface area contributed by atoms with Gasteiger partial charge in [0.25, 0.3) is 0 Å². The quantitative estimate of drug-likeness (QED) is 0.0239. The molecule has 0 fully saturated rings. The Hall–Kier alpha value is -4.67. The molecular weight excluding hydrogens is 1220 g/mol. The van der Waals surface area contributed by atoms with Gasteiger partial charge in [0.15, 0.2) is 17.3 Å². The van der Waals surface area contributed by atoms with Crippen LogP contribution in [0.1, 0.15) is 449 Å². The van der Waals surface area contributed by atoms with Crippen LogP contribution in [0.25, 0.3) is 22.3 Å². The number of fused-ring (bicyclic) bond motifs is 1. The van der Waals surface area contributed by atoms with Gasteiger partial charge in [0.1, 0.15) is 33.8 Å². The molecule has 0 atom stereocenters. The van der Waals surface area contributed by atoms with Gasteiger partial charge in [-0.25, -0.2) is 0 Å². The molecule has 3 aromatic rings. The van der Waals surface area contributed by atoms with Gasteiger partial charge in [0.2, 0.25) is 11.2 Å². The highest BCUT2D eigenvalue weighted by Gasteiger charge is 2.32. The van der Waals surface area contributed by atoms with Crippen LogP contribution in [-0.2, 0) is 14.4 Å². The standard InChI is InChI=1S/C87H146O11/c1-5-9-13-17-21-25-29-33-37-41-45-49-53-57-61-65-75(89)82-77(95-79(91)66-62-58-54-50-46-42-38-34-30-26-22-18-14-10-6-2)72-78-83(86(82)97-80(92)67-63-59-55-51-47-43-39-35-31-27-23-19-15-11-7-3)84(94)87(85(96-78)74-70-69-73(88)71-76(74)90)98-81(93)68-64-60-56-52-48-44-40-36-32-28-24-20-16-12-8-4/h69-72,88,90H,5-68H2,1-4H3. The largest absolute Gasteiger partial charge is 0.508 e. The van der Waals surface area contributed by atoms with Gasteiger partial charge in [-0.1, -0.05) is 387 Å². The average Bonchev–Trinajstić information content (AvgIpc) is 0.744. The summed E-state index contributed by atoms with van der Waals surface area (Å²) < 4.78 is 25.0. The maximum absolute atomic E-state index is 15.5. The summed E-state index contributed by atoms with van der Waals surface area (Å²) in [6, 6.07) is 5.09. The summed E-state index contributed by atoms with van der Waals surface area (Å²) >= 11 is 0. The van der Waals surface area contributed by atoms with Crippen molar-refractivity contribution >= 4 is 34.7 Å². The van der Waals surface area contributed by atoms with E-state index in [1.54, 1.807) is 0 Å². The molecule has 0 unspecified atom stereocenters. The van der Waals surface area contributed by atoms with Crippen molar-refractivity contribution in [1.29, 1.82) is 0 Å². The molecule has 2 aromatic carbocycles. The molecule has 1 aromatic heterocycles. The van der Waals surface area contributed by atoms with Gasteiger partial charge < -0.3 is 28.8 Å². The van der Waals surface area contributed by atoms with Crippen molar-refractivity contribution in [2.75, 3.05) is 0 Å². The van der Waals surface area contributed by atoms with E-state index in [0.717, 1.165) is 102 Å². The number of Topliss-reactive ketones (excluding diaryl/α,β-unsaturated/α-hetero) is 1. The molecule has 98 heavy (non-hydrogen) atoms. The zero-order valence-corrected chi connectivity index (χ0v) is 63.6. The minimum absolute atomic E-state index is 0.00900. The van der Waals surface area contributed by atoms with E-state index in [2.05, 4.69) is 27.7 Å². The Bertz CT molecular complexity index is 2550. The second-order valence-corrected chi connectivity index (χ2v) is 29.4. The summed E-state index contributed by atoms with van der Waals surface area (Å²) in [6.07, 6.45) is 70.4. The van der Waals surface area contributed by atoms with Gasteiger partial charge in [-0.2, -0.15) is 0 Å². The van der Waals surface area contributed by atoms with Crippen LogP contribution in [0, 0.1) is 0 Å². The van der Waals surface area contributed by atoms with E-state index in [-0.39, 0.29) is 70.8 Å². The van der Waals surface area contributed by atoms with Gasteiger partial charge in [-0.3, -0.25) is 24.0 Å². The summed E-state index contributed by atoms with van der Waals surface area (Å²) in [7, 11) is 0. The normalized spacial score (nSPS) is 11.5. The number of unbranched alkanes of at least 4 members (excludes halogenated alkanes) is 56. The summed E-state index contributed by atoms with van der Waals surface area (Å²) in [6.45, 7) is 9.03. The number of carbonyl (C=O) groups is 4. The van der Waals surface area contributed by atoms with Crippen LogP contribution in [-0.4, -0.2) is 33.9 Å². The summed E-state index contributed by atoms with van der Waals surface area (Å²) in [5.41, 5.74) is -1.35. The van der Waals surface area contributed by atoms with Gasteiger partial charge in [0.05, 0.1) is 5.56 Å². The van der Waals surface area contributed by atoms with E-state index in [1.165, 1.54) is 281 Å². The molecule has 2 N–H and O–H groups in total. The number of rotatable bonds is 69. The fraction of sp³-hybridized carbons (Fsp3) is 0.782. The van der Waals surface area contributed by atoms with E-state index in [0.29, 0.717) is 25.7 Å². The third kappa shape index (κ3) is 42.6. The van der Waals surface area contributed by atoms with Crippen molar-refractivity contribution in [3.63, 3.8) is 0 Å². The number of benzene rings is 2. The Labute approximate surface area is 598 Å². The number of esters is 3. The van der Waals surface area contributed by atoms with Crippen molar-refractivity contribution in [2.24, 2.45) is 0 Å². The first-order valence-corrected chi connectivity index (χ1v) is 41.9. The minimum Gasteiger partial charge on any atom is -0.508 e. The lowest BCUT2D eigenvalue weighted by Crippen LogP contribution is -2.20. The first kappa shape index (κ1) is 87.5. The predicted octanol–water partition coefficient (Wildman–Crippen LogP) is 27.8. The Kier molecular flexibility index (Phi) is 54.5. The number of ketones is 1. The molecule has 3 rings (SSSR count). The Balaban J connectivity index is 1.90. The van der Waals surface area contributed by atoms with Crippen molar-refractivity contribution in [3.8, 4) is 40.1 Å². The average molecular weight is 1370 g/mol. The van der Waals surface area contributed by atoms with Gasteiger partial charge in [0, 0.05) is 37.8 Å². The van der Waals surface area contributed by atoms with Crippen LogP contribution in [0.2, 0.25) is 0 Å². The molecule has 0 amide bonds. The second-order valence-electron chi connectivity index (χ2n) is 29.4. The van der Waals surface area contributed by atoms with Crippen LogP contribution in [0.4, 0.5) is 0 Å². The van der Waals surface area contributed by atoms with Crippen LogP contribution in [0.3, 0.4) is 0 Å². The summed E-state index contributed by atoms with van der Waals surface area (Å²) in [5.74, 6) is -4.50. The van der Waals surface area contributed by atoms with Crippen LogP contribution in [0.15, 0.2) is 33.5 Å². The summed E-state index contributed by atoms with van der Waals surface area (Å²) in [4.78, 5) is 72.9. The maximum Gasteiger partial charge on any atom is 0.311 e.